The molecule has 0 fully saturated rings. The van der Waals surface area contributed by atoms with Gasteiger partial charge < -0.3 is 0 Å². The maximum atomic E-state index is 2.29. The van der Waals surface area contributed by atoms with Crippen LogP contribution in [0.25, 0.3) is 0 Å². The van der Waals surface area contributed by atoms with Crippen LogP contribution in [0.2, 0.25) is 8.73 Å². The van der Waals surface area contributed by atoms with Gasteiger partial charge in [0.25, 0.3) is 0 Å². The molecule has 0 aromatic heterocycles. The molecule has 0 aromatic carbocycles. The van der Waals surface area contributed by atoms with Gasteiger partial charge in [-0.25, -0.2) is 0 Å². The Morgan fingerprint density at radius 2 is 1.60 bits per heavy atom. The summed E-state index contributed by atoms with van der Waals surface area (Å²) >= 11 is 0.218. The van der Waals surface area contributed by atoms with E-state index >= 15 is 0 Å². The van der Waals surface area contributed by atoms with Crippen molar-refractivity contribution in [2.75, 3.05) is 0 Å². The summed E-state index contributed by atoms with van der Waals surface area (Å²) in [6.07, 6.45) is 0. The Balaban J connectivity index is 2.19. The van der Waals surface area contributed by atoms with Crippen molar-refractivity contribution in [1.29, 1.82) is 0 Å². The van der Waals surface area contributed by atoms with Crippen molar-refractivity contribution in [2.24, 2.45) is 0 Å². The predicted molar refractivity (Wildman–Crippen MR) is 28.1 cm³/mol. The molecule has 0 spiro atoms. The van der Waals surface area contributed by atoms with E-state index in [0.717, 1.165) is 0 Å². The first-order chi connectivity index (χ1) is 2.41. The van der Waals surface area contributed by atoms with Crippen LogP contribution in [0.4, 0.5) is 0 Å². The van der Waals surface area contributed by atoms with Gasteiger partial charge in [-0.05, 0) is 0 Å². The first-order valence-electron chi connectivity index (χ1n) is 2.12. The summed E-state index contributed by atoms with van der Waals surface area (Å²) in [6, 6.07) is 0. The summed E-state index contributed by atoms with van der Waals surface area (Å²) in [7, 11) is 0. The minimum absolute atomic E-state index is 0.218. The summed E-state index contributed by atoms with van der Waals surface area (Å²) in [6.45, 7) is 4.57. The van der Waals surface area contributed by atoms with E-state index < -0.39 is 0 Å². The van der Waals surface area contributed by atoms with E-state index in [1.165, 1.54) is 8.73 Å². The monoisotopic (exact) mass is 180 g/mol. The van der Waals surface area contributed by atoms with E-state index in [-0.39, 0.29) is 21.6 Å². The molecule has 0 amide bonds. The van der Waals surface area contributed by atoms with Crippen molar-refractivity contribution in [3.05, 3.63) is 0 Å². The Morgan fingerprint density at radius 1 is 1.20 bits per heavy atom. The zero-order valence-electron chi connectivity index (χ0n) is 3.91. The molecule has 1 heteroatoms. The third-order valence-corrected chi connectivity index (χ3v) is 3.35. The molecule has 0 aliphatic rings. The summed E-state index contributed by atoms with van der Waals surface area (Å²) < 4.78 is 3.03. The Hall–Kier alpha value is 0.818. The molecule has 0 unspecified atom stereocenters. The van der Waals surface area contributed by atoms with Crippen molar-refractivity contribution in [2.45, 2.75) is 22.6 Å². The van der Waals surface area contributed by atoms with Gasteiger partial charge in [0, 0.05) is 0 Å². The third-order valence-electron chi connectivity index (χ3n) is 0.500. The van der Waals surface area contributed by atoms with Gasteiger partial charge >= 0.3 is 44.2 Å². The third kappa shape index (κ3) is 4.82. The van der Waals surface area contributed by atoms with Crippen molar-refractivity contribution in [3.8, 4) is 0 Å². The second-order valence-electron chi connectivity index (χ2n) is 0.957. The first kappa shape index (κ1) is 5.82. The van der Waals surface area contributed by atoms with Gasteiger partial charge in [0.1, 0.15) is 0 Å². The van der Waals surface area contributed by atoms with Gasteiger partial charge in [0.2, 0.25) is 0 Å². The molecular weight excluding hydrogens is 170 g/mol. The predicted octanol–water partition coefficient (Wildman–Crippen LogP) is 1.30. The molecule has 0 bridgehead atoms. The normalized spacial score (nSPS) is 8.40. The number of rotatable bonds is 2. The fourth-order valence-corrected chi connectivity index (χ4v) is 1.68. The Kier molecular flexibility index (Phi) is 5.61. The Morgan fingerprint density at radius 3 is 1.60 bits per heavy atom. The zero-order chi connectivity index (χ0) is 4.12. The van der Waals surface area contributed by atoms with Crippen LogP contribution in [0.15, 0.2) is 0 Å². The second kappa shape index (κ2) is 4.82. The Labute approximate surface area is 44.5 Å². The molecule has 0 nitrogen and oxygen atoms in total. The zero-order valence-corrected chi connectivity index (χ0v) is 6.77. The fraction of sp³-hybridized carbons (Fsp3) is 1.00. The van der Waals surface area contributed by atoms with Gasteiger partial charge in [-0.15, -0.1) is 0 Å². The van der Waals surface area contributed by atoms with Crippen LogP contribution in [-0.2, 0) is 0 Å². The average molecular weight is 181 g/mol. The van der Waals surface area contributed by atoms with Gasteiger partial charge in [-0.2, -0.15) is 0 Å². The van der Waals surface area contributed by atoms with Crippen molar-refractivity contribution in [3.63, 3.8) is 0 Å². The molecule has 0 N–H and O–H groups in total. The van der Waals surface area contributed by atoms with Gasteiger partial charge in [-0.1, -0.05) is 0 Å². The van der Waals surface area contributed by atoms with Crippen LogP contribution in [0.1, 0.15) is 13.8 Å². The maximum absolute atomic E-state index is 2.29. The van der Waals surface area contributed by atoms with Gasteiger partial charge in [0.05, 0.1) is 0 Å². The molecule has 0 saturated carbocycles. The standard InChI is InChI=1S/2C2H5.Sb.H/c2*1-2;;/h2*1H2,2H3;;. The Bertz CT molecular complexity index is 11.1. The van der Waals surface area contributed by atoms with Crippen molar-refractivity contribution >= 4 is 21.6 Å². The number of hydrogen-bond donors (Lipinski definition) is 0. The van der Waals surface area contributed by atoms with E-state index in [4.69, 9.17) is 0 Å². The van der Waals surface area contributed by atoms with Crippen LogP contribution >= 0.6 is 0 Å². The summed E-state index contributed by atoms with van der Waals surface area (Å²) in [5.41, 5.74) is 0. The molecule has 0 aliphatic heterocycles. The van der Waals surface area contributed by atoms with Crippen molar-refractivity contribution in [1.82, 2.24) is 0 Å². The molecule has 0 aromatic rings. The van der Waals surface area contributed by atoms with Gasteiger partial charge in [0.15, 0.2) is 0 Å². The summed E-state index contributed by atoms with van der Waals surface area (Å²) in [4.78, 5) is 0. The van der Waals surface area contributed by atoms with E-state index in [9.17, 15) is 0 Å². The molecule has 0 radical (unpaired) electrons. The molecule has 5 heavy (non-hydrogen) atoms. The SMILES string of the molecule is C[CH2][SbH][CH2]C. The molecule has 0 saturated heterocycles. The molecule has 0 aliphatic carbocycles. The van der Waals surface area contributed by atoms with Crippen LogP contribution in [-0.4, -0.2) is 21.6 Å². The topological polar surface area (TPSA) is 0 Å². The van der Waals surface area contributed by atoms with Gasteiger partial charge in [-0.3, -0.25) is 0 Å². The fourth-order valence-electron chi connectivity index (χ4n) is 0.250. The van der Waals surface area contributed by atoms with Crippen LogP contribution in [0, 0.1) is 0 Å². The quantitative estimate of drug-likeness (QED) is 0.563. The molecule has 0 atom stereocenters. The molecule has 0 heterocycles. The van der Waals surface area contributed by atoms with Crippen LogP contribution in [0.5, 0.6) is 0 Å². The molecule has 0 rings (SSSR count). The minimum atomic E-state index is 0.218. The van der Waals surface area contributed by atoms with E-state index in [1.54, 1.807) is 0 Å². The van der Waals surface area contributed by atoms with Crippen LogP contribution in [0.3, 0.4) is 0 Å². The van der Waals surface area contributed by atoms with E-state index in [2.05, 4.69) is 13.8 Å². The average Bonchev–Trinajstić information content (AvgIpc) is 1.41. The van der Waals surface area contributed by atoms with Crippen LogP contribution < -0.4 is 0 Å². The number of hydrogen-bond acceptors (Lipinski definition) is 0. The van der Waals surface area contributed by atoms with E-state index in [1.807, 2.05) is 0 Å². The second-order valence-corrected chi connectivity index (χ2v) is 6.42. The first-order valence-corrected chi connectivity index (χ1v) is 6.16. The van der Waals surface area contributed by atoms with E-state index in [0.29, 0.717) is 0 Å². The molecular formula is C4H11Sb. The molecule has 32 valence electrons. The van der Waals surface area contributed by atoms with Crippen molar-refractivity contribution < 1.29 is 0 Å². The summed E-state index contributed by atoms with van der Waals surface area (Å²) in [5.74, 6) is 0. The summed E-state index contributed by atoms with van der Waals surface area (Å²) in [5, 5.41) is 0.